The first-order chi connectivity index (χ1) is 6.68. The van der Waals surface area contributed by atoms with Crippen molar-refractivity contribution in [3.05, 3.63) is 29.8 Å². The van der Waals surface area contributed by atoms with Crippen LogP contribution in [0.2, 0.25) is 0 Å². The van der Waals surface area contributed by atoms with Gasteiger partial charge in [0.05, 0.1) is 6.20 Å². The summed E-state index contributed by atoms with van der Waals surface area (Å²) in [5, 5.41) is 0. The fourth-order valence-corrected chi connectivity index (χ4v) is 1.83. The summed E-state index contributed by atoms with van der Waals surface area (Å²) in [6, 6.07) is 1.40. The van der Waals surface area contributed by atoms with Crippen LogP contribution in [0, 0.1) is 17.7 Å². The van der Waals surface area contributed by atoms with Crippen LogP contribution in [0.4, 0.5) is 4.39 Å². The molecule has 1 aromatic heterocycles. The maximum atomic E-state index is 12.9. The first-order valence-electron chi connectivity index (χ1n) is 5.04. The van der Waals surface area contributed by atoms with Crippen molar-refractivity contribution >= 4 is 0 Å². The van der Waals surface area contributed by atoms with Gasteiger partial charge in [0.15, 0.2) is 0 Å². The highest BCUT2D eigenvalue weighted by atomic mass is 19.1. The molecule has 2 nitrogen and oxygen atoms in total. The largest absolute Gasteiger partial charge is 0.324 e. The molecule has 0 amide bonds. The van der Waals surface area contributed by atoms with E-state index >= 15 is 0 Å². The van der Waals surface area contributed by atoms with Crippen LogP contribution in [-0.2, 0) is 0 Å². The van der Waals surface area contributed by atoms with Crippen LogP contribution in [0.25, 0.3) is 0 Å². The quantitative estimate of drug-likeness (QED) is 0.801. The Kier molecular flexibility index (Phi) is 2.50. The maximum absolute atomic E-state index is 12.9. The predicted octanol–water partition coefficient (Wildman–Crippen LogP) is 2.27. The second-order valence-electron chi connectivity index (χ2n) is 4.16. The number of hydrogen-bond acceptors (Lipinski definition) is 2. The van der Waals surface area contributed by atoms with Crippen molar-refractivity contribution in [1.29, 1.82) is 0 Å². The zero-order valence-corrected chi connectivity index (χ0v) is 8.28. The van der Waals surface area contributed by atoms with Crippen LogP contribution >= 0.6 is 0 Å². The minimum absolute atomic E-state index is 0.0781. The van der Waals surface area contributed by atoms with Gasteiger partial charge in [-0.2, -0.15) is 0 Å². The number of nitrogens with two attached hydrogens (primary N) is 1. The smallest absolute Gasteiger partial charge is 0.141 e. The van der Waals surface area contributed by atoms with E-state index in [-0.39, 0.29) is 11.9 Å². The van der Waals surface area contributed by atoms with Crippen LogP contribution in [-0.4, -0.2) is 4.98 Å². The van der Waals surface area contributed by atoms with E-state index in [9.17, 15) is 4.39 Å². The summed E-state index contributed by atoms with van der Waals surface area (Å²) in [7, 11) is 0. The number of rotatable bonds is 3. The van der Waals surface area contributed by atoms with Gasteiger partial charge in [0.25, 0.3) is 0 Å². The highest BCUT2D eigenvalue weighted by Crippen LogP contribution is 2.41. The third-order valence-electron chi connectivity index (χ3n) is 3.04. The summed E-state index contributed by atoms with van der Waals surface area (Å²) in [6.45, 7) is 2.13. The van der Waals surface area contributed by atoms with E-state index < -0.39 is 0 Å². The van der Waals surface area contributed by atoms with Gasteiger partial charge in [0, 0.05) is 12.2 Å². The molecule has 2 N–H and O–H groups in total. The van der Waals surface area contributed by atoms with Gasteiger partial charge in [-0.3, -0.25) is 4.98 Å². The maximum Gasteiger partial charge on any atom is 0.141 e. The van der Waals surface area contributed by atoms with Gasteiger partial charge in [0.1, 0.15) is 5.82 Å². The second kappa shape index (κ2) is 3.65. The fraction of sp³-hybridized carbons (Fsp3) is 0.545. The van der Waals surface area contributed by atoms with E-state index in [4.69, 9.17) is 5.73 Å². The molecular weight excluding hydrogens is 179 g/mol. The molecular formula is C11H15FN2. The molecule has 0 aromatic carbocycles. The lowest BCUT2D eigenvalue weighted by molar-refractivity contribution is 0.415. The minimum Gasteiger partial charge on any atom is -0.324 e. The van der Waals surface area contributed by atoms with Crippen molar-refractivity contribution in [2.75, 3.05) is 0 Å². The van der Waals surface area contributed by atoms with Gasteiger partial charge in [-0.05, 0) is 36.3 Å². The summed E-state index contributed by atoms with van der Waals surface area (Å²) >= 11 is 0. The second-order valence-corrected chi connectivity index (χ2v) is 4.16. The molecule has 14 heavy (non-hydrogen) atoms. The van der Waals surface area contributed by atoms with Crippen LogP contribution in [0.5, 0.6) is 0 Å². The van der Waals surface area contributed by atoms with Crippen molar-refractivity contribution < 1.29 is 4.39 Å². The Morgan fingerprint density at radius 1 is 1.50 bits per heavy atom. The summed E-state index contributed by atoms with van der Waals surface area (Å²) < 4.78 is 12.9. The van der Waals surface area contributed by atoms with Gasteiger partial charge < -0.3 is 5.73 Å². The van der Waals surface area contributed by atoms with Crippen molar-refractivity contribution in [3.63, 3.8) is 0 Å². The summed E-state index contributed by atoms with van der Waals surface area (Å²) in [5.74, 6) is 0.854. The molecule has 1 heterocycles. The minimum atomic E-state index is -0.305. The molecule has 1 aromatic rings. The Balaban J connectivity index is 2.13. The van der Waals surface area contributed by atoms with E-state index in [1.54, 1.807) is 6.20 Å². The van der Waals surface area contributed by atoms with Gasteiger partial charge in [-0.25, -0.2) is 4.39 Å². The van der Waals surface area contributed by atoms with Gasteiger partial charge in [0.2, 0.25) is 0 Å². The lowest BCUT2D eigenvalue weighted by atomic mass is 9.92. The third kappa shape index (κ3) is 1.93. The average Bonchev–Trinajstić information content (AvgIpc) is 2.99. The van der Waals surface area contributed by atoms with Gasteiger partial charge in [-0.1, -0.05) is 6.92 Å². The van der Waals surface area contributed by atoms with E-state index in [2.05, 4.69) is 11.9 Å². The number of halogens is 1. The number of hydrogen-bond donors (Lipinski definition) is 1. The Morgan fingerprint density at radius 3 is 2.79 bits per heavy atom. The first kappa shape index (κ1) is 9.59. The Morgan fingerprint density at radius 2 is 2.21 bits per heavy atom. The Labute approximate surface area is 83.3 Å². The predicted molar refractivity (Wildman–Crippen MR) is 53.0 cm³/mol. The van der Waals surface area contributed by atoms with E-state index in [1.165, 1.54) is 25.1 Å². The zero-order chi connectivity index (χ0) is 10.1. The summed E-state index contributed by atoms with van der Waals surface area (Å²) in [6.07, 6.45) is 5.39. The topological polar surface area (TPSA) is 38.9 Å². The molecule has 1 aliphatic rings. The molecule has 0 radical (unpaired) electrons. The SMILES string of the molecule is CC(C1CC1)C(N)c1cncc(F)c1. The normalized spacial score (nSPS) is 20.5. The van der Waals surface area contributed by atoms with Crippen molar-refractivity contribution in [2.24, 2.45) is 17.6 Å². The lowest BCUT2D eigenvalue weighted by Gasteiger charge is -2.19. The Bertz CT molecular complexity index is 323. The molecule has 1 fully saturated rings. The highest BCUT2D eigenvalue weighted by molar-refractivity contribution is 5.16. The van der Waals surface area contributed by atoms with E-state index in [0.29, 0.717) is 5.92 Å². The molecule has 0 saturated heterocycles. The molecule has 0 bridgehead atoms. The fourth-order valence-electron chi connectivity index (χ4n) is 1.83. The summed E-state index contributed by atoms with van der Waals surface area (Å²) in [5.41, 5.74) is 6.85. The molecule has 0 spiro atoms. The summed E-state index contributed by atoms with van der Waals surface area (Å²) in [4.78, 5) is 3.81. The number of nitrogens with zero attached hydrogens (tertiary/aromatic N) is 1. The standard InChI is InChI=1S/C11H15FN2/c1-7(8-2-3-8)11(13)9-4-10(12)6-14-5-9/h4-8,11H,2-3,13H2,1H3. The highest BCUT2D eigenvalue weighted by Gasteiger charge is 2.32. The molecule has 1 saturated carbocycles. The van der Waals surface area contributed by atoms with E-state index in [1.807, 2.05) is 0 Å². The first-order valence-corrected chi connectivity index (χ1v) is 5.04. The van der Waals surface area contributed by atoms with Crippen LogP contribution in [0.3, 0.4) is 0 Å². The van der Waals surface area contributed by atoms with Crippen molar-refractivity contribution in [3.8, 4) is 0 Å². The third-order valence-corrected chi connectivity index (χ3v) is 3.04. The van der Waals surface area contributed by atoms with Crippen LogP contribution in [0.1, 0.15) is 31.4 Å². The van der Waals surface area contributed by atoms with Crippen molar-refractivity contribution in [2.45, 2.75) is 25.8 Å². The molecule has 2 unspecified atom stereocenters. The Hall–Kier alpha value is -0.960. The number of pyridine rings is 1. The van der Waals surface area contributed by atoms with Crippen LogP contribution in [0.15, 0.2) is 18.5 Å². The number of aromatic nitrogens is 1. The lowest BCUT2D eigenvalue weighted by Crippen LogP contribution is -2.20. The van der Waals surface area contributed by atoms with Crippen LogP contribution < -0.4 is 5.73 Å². The molecule has 2 atom stereocenters. The van der Waals surface area contributed by atoms with E-state index in [0.717, 1.165) is 11.5 Å². The zero-order valence-electron chi connectivity index (χ0n) is 8.28. The average molecular weight is 194 g/mol. The van der Waals surface area contributed by atoms with Gasteiger partial charge >= 0.3 is 0 Å². The van der Waals surface area contributed by atoms with Crippen molar-refractivity contribution in [1.82, 2.24) is 4.98 Å². The monoisotopic (exact) mass is 194 g/mol. The molecule has 76 valence electrons. The van der Waals surface area contributed by atoms with Gasteiger partial charge in [-0.15, -0.1) is 0 Å². The molecule has 1 aliphatic carbocycles. The molecule has 0 aliphatic heterocycles. The molecule has 3 heteroatoms. The molecule has 2 rings (SSSR count).